The molecule has 0 bridgehead atoms. The molecule has 1 aromatic carbocycles. The number of methoxy groups -OCH3 is 1. The van der Waals surface area contributed by atoms with Gasteiger partial charge in [-0.25, -0.2) is 0 Å². The first kappa shape index (κ1) is 9.49. The Kier molecular flexibility index (Phi) is 2.44. The Balaban J connectivity index is 2.35. The summed E-state index contributed by atoms with van der Waals surface area (Å²) in [4.78, 5) is 0. The Bertz CT molecular complexity index is 338. The molecule has 0 radical (unpaired) electrons. The van der Waals surface area contributed by atoms with Gasteiger partial charge in [0.25, 0.3) is 0 Å². The van der Waals surface area contributed by atoms with E-state index in [9.17, 15) is 5.11 Å². The van der Waals surface area contributed by atoms with Crippen LogP contribution in [0.1, 0.15) is 17.2 Å². The number of aliphatic hydroxyl groups excluding tert-OH is 1. The maximum Gasteiger partial charge on any atom is 0.119 e. The second-order valence-electron chi connectivity index (χ2n) is 3.61. The molecule has 0 saturated carbocycles. The molecule has 0 fully saturated rings. The minimum atomic E-state index is -0.412. The quantitative estimate of drug-likeness (QED) is 0.732. The number of hydrogen-bond acceptors (Lipinski definition) is 3. The van der Waals surface area contributed by atoms with Crippen LogP contribution in [0.4, 0.5) is 0 Å². The molecule has 0 amide bonds. The first-order valence-electron chi connectivity index (χ1n) is 4.78. The summed E-state index contributed by atoms with van der Waals surface area (Å²) in [7, 11) is 3.51. The lowest BCUT2D eigenvalue weighted by Gasteiger charge is -2.13. The van der Waals surface area contributed by atoms with Crippen LogP contribution in [0.25, 0.3) is 0 Å². The fraction of sp³-hybridized carbons (Fsp3) is 0.455. The number of hydrogen-bond donors (Lipinski definition) is 2. The predicted octanol–water partition coefficient (Wildman–Crippen LogP) is 0.873. The summed E-state index contributed by atoms with van der Waals surface area (Å²) in [6.45, 7) is 0. The van der Waals surface area contributed by atoms with Gasteiger partial charge in [0.15, 0.2) is 0 Å². The van der Waals surface area contributed by atoms with E-state index in [0.29, 0.717) is 0 Å². The van der Waals surface area contributed by atoms with E-state index in [0.717, 1.165) is 17.7 Å². The SMILES string of the molecule is CN[C@H]1Cc2ccc(OC)cc2[C@H]1O. The molecule has 3 heteroatoms. The predicted molar refractivity (Wildman–Crippen MR) is 54.5 cm³/mol. The Morgan fingerprint density at radius 3 is 2.93 bits per heavy atom. The number of fused-ring (bicyclic) bond motifs is 1. The summed E-state index contributed by atoms with van der Waals surface area (Å²) in [6.07, 6.45) is 0.474. The van der Waals surface area contributed by atoms with Crippen LogP contribution in [0, 0.1) is 0 Å². The van der Waals surface area contributed by atoms with Gasteiger partial charge >= 0.3 is 0 Å². The third-order valence-electron chi connectivity index (χ3n) is 2.86. The maximum absolute atomic E-state index is 9.94. The molecule has 2 rings (SSSR count). The molecule has 0 spiro atoms. The number of nitrogens with one attached hydrogen (secondary N) is 1. The van der Waals surface area contributed by atoms with Crippen LogP contribution in [0.5, 0.6) is 5.75 Å². The van der Waals surface area contributed by atoms with Crippen LogP contribution >= 0.6 is 0 Å². The van der Waals surface area contributed by atoms with Gasteiger partial charge in [0.2, 0.25) is 0 Å². The summed E-state index contributed by atoms with van der Waals surface area (Å²) >= 11 is 0. The molecule has 2 atom stereocenters. The molecule has 0 aliphatic heterocycles. The third kappa shape index (κ3) is 1.38. The molecule has 0 saturated heterocycles. The van der Waals surface area contributed by atoms with Crippen LogP contribution in [-0.2, 0) is 6.42 Å². The van der Waals surface area contributed by atoms with E-state index in [1.165, 1.54) is 5.56 Å². The number of benzene rings is 1. The highest BCUT2D eigenvalue weighted by Crippen LogP contribution is 2.33. The largest absolute Gasteiger partial charge is 0.497 e. The lowest BCUT2D eigenvalue weighted by molar-refractivity contribution is 0.146. The van der Waals surface area contributed by atoms with Crippen molar-refractivity contribution in [2.24, 2.45) is 0 Å². The highest BCUT2D eigenvalue weighted by molar-refractivity contribution is 5.41. The number of rotatable bonds is 2. The van der Waals surface area contributed by atoms with E-state index >= 15 is 0 Å². The summed E-state index contributed by atoms with van der Waals surface area (Å²) in [6, 6.07) is 6.01. The van der Waals surface area contributed by atoms with Gasteiger partial charge in [-0.1, -0.05) is 6.07 Å². The minimum absolute atomic E-state index is 0.136. The average molecular weight is 193 g/mol. The summed E-state index contributed by atoms with van der Waals surface area (Å²) in [5.74, 6) is 0.805. The Labute approximate surface area is 83.7 Å². The van der Waals surface area contributed by atoms with Gasteiger partial charge in [-0.2, -0.15) is 0 Å². The van der Waals surface area contributed by atoms with Crippen molar-refractivity contribution in [2.75, 3.05) is 14.2 Å². The number of ether oxygens (including phenoxy) is 1. The van der Waals surface area contributed by atoms with E-state index in [4.69, 9.17) is 4.74 Å². The molecular weight excluding hydrogens is 178 g/mol. The van der Waals surface area contributed by atoms with Crippen LogP contribution in [0.15, 0.2) is 18.2 Å². The van der Waals surface area contributed by atoms with Crippen molar-refractivity contribution in [1.29, 1.82) is 0 Å². The fourth-order valence-electron chi connectivity index (χ4n) is 1.99. The zero-order valence-corrected chi connectivity index (χ0v) is 8.45. The van der Waals surface area contributed by atoms with Crippen molar-refractivity contribution in [3.05, 3.63) is 29.3 Å². The molecule has 2 N–H and O–H groups in total. The van der Waals surface area contributed by atoms with Crippen LogP contribution < -0.4 is 10.1 Å². The Morgan fingerprint density at radius 1 is 1.50 bits per heavy atom. The van der Waals surface area contributed by atoms with Crippen molar-refractivity contribution < 1.29 is 9.84 Å². The molecular formula is C11H15NO2. The first-order valence-corrected chi connectivity index (χ1v) is 4.78. The lowest BCUT2D eigenvalue weighted by atomic mass is 10.1. The molecule has 1 aromatic rings. The maximum atomic E-state index is 9.94. The number of aliphatic hydroxyl groups is 1. The Hall–Kier alpha value is -1.06. The average Bonchev–Trinajstić information content (AvgIpc) is 2.55. The van der Waals surface area contributed by atoms with Gasteiger partial charge in [-0.05, 0) is 36.7 Å². The van der Waals surface area contributed by atoms with E-state index in [2.05, 4.69) is 5.32 Å². The van der Waals surface area contributed by atoms with Crippen LogP contribution in [0.2, 0.25) is 0 Å². The van der Waals surface area contributed by atoms with Gasteiger partial charge in [-0.15, -0.1) is 0 Å². The lowest BCUT2D eigenvalue weighted by Crippen LogP contribution is -2.29. The van der Waals surface area contributed by atoms with Gasteiger partial charge in [0.1, 0.15) is 5.75 Å². The fourth-order valence-corrected chi connectivity index (χ4v) is 1.99. The molecule has 0 aromatic heterocycles. The third-order valence-corrected chi connectivity index (χ3v) is 2.86. The first-order chi connectivity index (χ1) is 6.76. The number of likely N-dealkylation sites (N-methyl/N-ethyl adjacent to an activating group) is 1. The van der Waals surface area contributed by atoms with Crippen molar-refractivity contribution in [2.45, 2.75) is 18.6 Å². The second-order valence-corrected chi connectivity index (χ2v) is 3.61. The van der Waals surface area contributed by atoms with Crippen molar-refractivity contribution >= 4 is 0 Å². The highest BCUT2D eigenvalue weighted by atomic mass is 16.5. The molecule has 1 aliphatic rings. The van der Waals surface area contributed by atoms with Crippen molar-refractivity contribution in [3.63, 3.8) is 0 Å². The summed E-state index contributed by atoms with van der Waals surface area (Å²) < 4.78 is 5.13. The molecule has 3 nitrogen and oxygen atoms in total. The molecule has 76 valence electrons. The zero-order valence-electron chi connectivity index (χ0n) is 8.45. The van der Waals surface area contributed by atoms with Crippen molar-refractivity contribution in [3.8, 4) is 5.75 Å². The molecule has 0 heterocycles. The van der Waals surface area contributed by atoms with E-state index in [1.54, 1.807) is 7.11 Å². The smallest absolute Gasteiger partial charge is 0.119 e. The standard InChI is InChI=1S/C11H15NO2/c1-12-10-5-7-3-4-8(14-2)6-9(7)11(10)13/h3-4,6,10-13H,5H2,1-2H3/t10-,11+/m0/s1. The monoisotopic (exact) mass is 193 g/mol. The molecule has 14 heavy (non-hydrogen) atoms. The van der Waals surface area contributed by atoms with Gasteiger partial charge in [-0.3, -0.25) is 0 Å². The van der Waals surface area contributed by atoms with Gasteiger partial charge in [0.05, 0.1) is 13.2 Å². The van der Waals surface area contributed by atoms with Gasteiger partial charge in [0, 0.05) is 6.04 Å². The second kappa shape index (κ2) is 3.59. The zero-order chi connectivity index (χ0) is 10.1. The minimum Gasteiger partial charge on any atom is -0.497 e. The van der Waals surface area contributed by atoms with Crippen LogP contribution in [-0.4, -0.2) is 25.3 Å². The van der Waals surface area contributed by atoms with E-state index in [-0.39, 0.29) is 6.04 Å². The van der Waals surface area contributed by atoms with Crippen molar-refractivity contribution in [1.82, 2.24) is 5.32 Å². The van der Waals surface area contributed by atoms with Crippen LogP contribution in [0.3, 0.4) is 0 Å². The summed E-state index contributed by atoms with van der Waals surface area (Å²) in [5, 5.41) is 13.1. The molecule has 1 aliphatic carbocycles. The topological polar surface area (TPSA) is 41.5 Å². The molecule has 0 unspecified atom stereocenters. The summed E-state index contributed by atoms with van der Waals surface area (Å²) in [5.41, 5.74) is 2.20. The highest BCUT2D eigenvalue weighted by Gasteiger charge is 2.29. The van der Waals surface area contributed by atoms with E-state index < -0.39 is 6.10 Å². The normalized spacial score (nSPS) is 24.8. The van der Waals surface area contributed by atoms with Gasteiger partial charge < -0.3 is 15.2 Å². The Morgan fingerprint density at radius 2 is 2.29 bits per heavy atom. The van der Waals surface area contributed by atoms with E-state index in [1.807, 2.05) is 25.2 Å².